The molecule has 1 atom stereocenters. The van der Waals surface area contributed by atoms with Crippen LogP contribution in [-0.4, -0.2) is 46.9 Å². The van der Waals surface area contributed by atoms with Gasteiger partial charge in [-0.1, -0.05) is 0 Å². The first-order valence-electron chi connectivity index (χ1n) is 6.45. The molecule has 3 N–H and O–H groups in total. The fraction of sp³-hybridized carbons (Fsp3) is 0.583. The Morgan fingerprint density at radius 3 is 2.48 bits per heavy atom. The zero-order valence-corrected chi connectivity index (χ0v) is 12.5. The summed E-state index contributed by atoms with van der Waals surface area (Å²) in [4.78, 5) is 29.6. The second-order valence-corrected chi connectivity index (χ2v) is 7.71. The first kappa shape index (κ1) is 15.5. The lowest BCUT2D eigenvalue weighted by atomic mass is 9.76. The molecule has 116 valence electrons. The molecule has 1 heterocycles. The molecule has 2 rings (SSSR count). The van der Waals surface area contributed by atoms with E-state index < -0.39 is 32.5 Å². The number of H-pyrrole nitrogens is 1. The van der Waals surface area contributed by atoms with Crippen LogP contribution < -0.4 is 5.32 Å². The first-order valence-corrected chi connectivity index (χ1v) is 8.41. The SMILES string of the molecule is CC(C(=O)NC1(c2ncc(C(=O)O)[nH]2)CCC1)S(C)(=O)=O. The van der Waals surface area contributed by atoms with Crippen LogP contribution in [0.2, 0.25) is 0 Å². The molecule has 1 aliphatic rings. The molecule has 0 radical (unpaired) electrons. The number of aromatic nitrogens is 2. The number of carbonyl (C=O) groups excluding carboxylic acids is 1. The molecule has 1 aromatic heterocycles. The molecule has 0 aliphatic heterocycles. The number of hydrogen-bond donors (Lipinski definition) is 3. The van der Waals surface area contributed by atoms with E-state index in [-0.39, 0.29) is 5.69 Å². The number of hydrogen-bond acceptors (Lipinski definition) is 5. The van der Waals surface area contributed by atoms with Gasteiger partial charge in [-0.3, -0.25) is 4.79 Å². The Bertz CT molecular complexity index is 675. The highest BCUT2D eigenvalue weighted by Crippen LogP contribution is 2.39. The Morgan fingerprint density at radius 2 is 2.10 bits per heavy atom. The number of imidazole rings is 1. The molecule has 9 heteroatoms. The summed E-state index contributed by atoms with van der Waals surface area (Å²) in [6.07, 6.45) is 4.20. The average Bonchev–Trinajstić information content (AvgIpc) is 2.81. The molecule has 1 aromatic rings. The number of aromatic amines is 1. The Morgan fingerprint density at radius 1 is 1.48 bits per heavy atom. The second-order valence-electron chi connectivity index (χ2n) is 5.35. The van der Waals surface area contributed by atoms with Gasteiger partial charge in [-0.05, 0) is 26.2 Å². The molecule has 1 aliphatic carbocycles. The minimum absolute atomic E-state index is 0.0679. The van der Waals surface area contributed by atoms with Crippen molar-refractivity contribution in [3.63, 3.8) is 0 Å². The minimum atomic E-state index is -3.49. The van der Waals surface area contributed by atoms with Gasteiger partial charge in [0.1, 0.15) is 16.8 Å². The molecule has 1 fully saturated rings. The van der Waals surface area contributed by atoms with Crippen molar-refractivity contribution in [2.24, 2.45) is 0 Å². The smallest absolute Gasteiger partial charge is 0.353 e. The normalized spacial score (nSPS) is 18.6. The molecule has 1 unspecified atom stereocenters. The maximum absolute atomic E-state index is 12.1. The third kappa shape index (κ3) is 2.92. The van der Waals surface area contributed by atoms with Crippen LogP contribution >= 0.6 is 0 Å². The van der Waals surface area contributed by atoms with Crippen molar-refractivity contribution < 1.29 is 23.1 Å². The summed E-state index contributed by atoms with van der Waals surface area (Å²) in [5, 5.41) is 10.4. The van der Waals surface area contributed by atoms with Gasteiger partial charge in [0.15, 0.2) is 9.84 Å². The molecule has 1 amide bonds. The zero-order chi connectivity index (χ0) is 15.8. The molecule has 0 bridgehead atoms. The highest BCUT2D eigenvalue weighted by atomic mass is 32.2. The van der Waals surface area contributed by atoms with Gasteiger partial charge in [0.25, 0.3) is 0 Å². The number of carbonyl (C=O) groups is 2. The summed E-state index contributed by atoms with van der Waals surface area (Å²) in [5.74, 6) is -1.40. The number of nitrogens with one attached hydrogen (secondary N) is 2. The van der Waals surface area contributed by atoms with Gasteiger partial charge >= 0.3 is 5.97 Å². The van der Waals surface area contributed by atoms with Gasteiger partial charge in [0, 0.05) is 6.26 Å². The maximum atomic E-state index is 12.1. The minimum Gasteiger partial charge on any atom is -0.477 e. The van der Waals surface area contributed by atoms with Crippen molar-refractivity contribution in [2.75, 3.05) is 6.26 Å². The fourth-order valence-corrected chi connectivity index (χ4v) is 2.60. The third-order valence-electron chi connectivity index (χ3n) is 3.84. The average molecular weight is 315 g/mol. The van der Waals surface area contributed by atoms with Crippen LogP contribution in [-0.2, 0) is 20.2 Å². The molecule has 0 saturated heterocycles. The third-order valence-corrected chi connectivity index (χ3v) is 5.34. The summed E-state index contributed by atoms with van der Waals surface area (Å²) in [7, 11) is -3.49. The van der Waals surface area contributed by atoms with Crippen molar-refractivity contribution in [3.05, 3.63) is 17.7 Å². The van der Waals surface area contributed by atoms with E-state index in [4.69, 9.17) is 5.11 Å². The van der Waals surface area contributed by atoms with Crippen LogP contribution in [0.15, 0.2) is 6.20 Å². The molecule has 1 saturated carbocycles. The van der Waals surface area contributed by atoms with Gasteiger partial charge in [-0.25, -0.2) is 18.2 Å². The molecule has 0 aromatic carbocycles. The quantitative estimate of drug-likeness (QED) is 0.703. The molecule has 0 spiro atoms. The van der Waals surface area contributed by atoms with Crippen molar-refractivity contribution in [2.45, 2.75) is 37.0 Å². The fourth-order valence-electron chi connectivity index (χ4n) is 2.16. The van der Waals surface area contributed by atoms with E-state index in [1.807, 2.05) is 0 Å². The zero-order valence-electron chi connectivity index (χ0n) is 11.7. The van der Waals surface area contributed by atoms with Crippen LogP contribution in [0.3, 0.4) is 0 Å². The number of nitrogens with zero attached hydrogens (tertiary/aromatic N) is 1. The first-order chi connectivity index (χ1) is 9.66. The van der Waals surface area contributed by atoms with Gasteiger partial charge in [0.2, 0.25) is 5.91 Å². The van der Waals surface area contributed by atoms with Crippen LogP contribution in [0.5, 0.6) is 0 Å². The van der Waals surface area contributed by atoms with E-state index in [1.165, 1.54) is 13.1 Å². The lowest BCUT2D eigenvalue weighted by Crippen LogP contribution is -2.54. The molecule has 21 heavy (non-hydrogen) atoms. The van der Waals surface area contributed by atoms with Crippen LogP contribution in [0.4, 0.5) is 0 Å². The number of carboxylic acids is 1. The van der Waals surface area contributed by atoms with Crippen LogP contribution in [0, 0.1) is 0 Å². The molecule has 8 nitrogen and oxygen atoms in total. The Hall–Kier alpha value is -1.90. The van der Waals surface area contributed by atoms with Crippen molar-refractivity contribution in [1.29, 1.82) is 0 Å². The maximum Gasteiger partial charge on any atom is 0.353 e. The Kier molecular flexibility index (Phi) is 3.79. The van der Waals surface area contributed by atoms with Gasteiger partial charge in [-0.15, -0.1) is 0 Å². The summed E-state index contributed by atoms with van der Waals surface area (Å²) in [6.45, 7) is 1.32. The molecular weight excluding hydrogens is 298 g/mol. The monoisotopic (exact) mass is 315 g/mol. The topological polar surface area (TPSA) is 129 Å². The summed E-state index contributed by atoms with van der Waals surface area (Å²) >= 11 is 0. The Balaban J connectivity index is 2.22. The lowest BCUT2D eigenvalue weighted by Gasteiger charge is -2.41. The van der Waals surface area contributed by atoms with E-state index in [0.29, 0.717) is 18.7 Å². The summed E-state index contributed by atoms with van der Waals surface area (Å²) in [5.41, 5.74) is -0.870. The summed E-state index contributed by atoms with van der Waals surface area (Å²) < 4.78 is 22.9. The number of aromatic carboxylic acids is 1. The van der Waals surface area contributed by atoms with E-state index in [2.05, 4.69) is 15.3 Å². The van der Waals surface area contributed by atoms with Gasteiger partial charge in [0.05, 0.1) is 11.7 Å². The van der Waals surface area contributed by atoms with Gasteiger partial charge < -0.3 is 15.4 Å². The predicted molar refractivity (Wildman–Crippen MR) is 73.5 cm³/mol. The van der Waals surface area contributed by atoms with Crippen molar-refractivity contribution >= 4 is 21.7 Å². The predicted octanol–water partition coefficient (Wildman–Crippen LogP) is 0.0364. The molecular formula is C12H17N3O5S. The van der Waals surface area contributed by atoms with Crippen molar-refractivity contribution in [1.82, 2.24) is 15.3 Å². The van der Waals surface area contributed by atoms with E-state index in [0.717, 1.165) is 12.7 Å². The largest absolute Gasteiger partial charge is 0.477 e. The number of rotatable bonds is 5. The van der Waals surface area contributed by atoms with E-state index in [9.17, 15) is 18.0 Å². The van der Waals surface area contributed by atoms with E-state index >= 15 is 0 Å². The van der Waals surface area contributed by atoms with Crippen molar-refractivity contribution in [3.8, 4) is 0 Å². The number of carboxylic acid groups (broad SMARTS) is 1. The van der Waals surface area contributed by atoms with E-state index in [1.54, 1.807) is 0 Å². The highest BCUT2D eigenvalue weighted by molar-refractivity contribution is 7.92. The highest BCUT2D eigenvalue weighted by Gasteiger charge is 2.44. The van der Waals surface area contributed by atoms with Gasteiger partial charge in [-0.2, -0.15) is 0 Å². The lowest BCUT2D eigenvalue weighted by molar-refractivity contribution is -0.123. The number of amides is 1. The van der Waals surface area contributed by atoms with Crippen LogP contribution in [0.25, 0.3) is 0 Å². The Labute approximate surface area is 121 Å². The second kappa shape index (κ2) is 5.14. The standard InChI is InChI=1S/C12H17N3O5S/c1-7(21(2,19)20)9(16)15-12(4-3-5-12)11-13-6-8(14-11)10(17)18/h6-7H,3-5H2,1-2H3,(H,13,14)(H,15,16)(H,17,18). The van der Waals surface area contributed by atoms with Crippen LogP contribution in [0.1, 0.15) is 42.5 Å². The summed E-state index contributed by atoms with van der Waals surface area (Å²) in [6, 6.07) is 0. The number of sulfone groups is 1.